The molecule has 0 bridgehead atoms. The van der Waals surface area contributed by atoms with Crippen molar-refractivity contribution in [3.63, 3.8) is 0 Å². The summed E-state index contributed by atoms with van der Waals surface area (Å²) in [6.07, 6.45) is 0. The van der Waals surface area contributed by atoms with Gasteiger partial charge in [-0.3, -0.25) is 19.4 Å². The average Bonchev–Trinajstić information content (AvgIpc) is 3.30. The molecule has 2 aliphatic heterocycles. The lowest BCUT2D eigenvalue weighted by atomic mass is 10.1. The number of aryl methyl sites for hydroxylation is 2. The van der Waals surface area contributed by atoms with Crippen LogP contribution < -0.4 is 19.7 Å². The van der Waals surface area contributed by atoms with Crippen LogP contribution in [-0.2, 0) is 14.4 Å². The summed E-state index contributed by atoms with van der Waals surface area (Å²) in [4.78, 5) is 39.8. The molecule has 0 saturated carbocycles. The number of carbonyl (C=O) groups excluding carboxylic acids is 3. The van der Waals surface area contributed by atoms with Crippen LogP contribution >= 0.6 is 11.6 Å². The van der Waals surface area contributed by atoms with Crippen molar-refractivity contribution in [3.05, 3.63) is 46.5 Å². The van der Waals surface area contributed by atoms with Crippen molar-refractivity contribution >= 4 is 40.7 Å². The van der Waals surface area contributed by atoms with E-state index in [1.54, 1.807) is 18.2 Å². The minimum absolute atomic E-state index is 0.287. The molecule has 10 nitrogen and oxygen atoms in total. The number of halogens is 1. The summed E-state index contributed by atoms with van der Waals surface area (Å²) in [5.41, 5.74) is 2.80. The van der Waals surface area contributed by atoms with E-state index >= 15 is 0 Å². The first-order valence-electron chi connectivity index (χ1n) is 10.1. The van der Waals surface area contributed by atoms with Crippen molar-refractivity contribution in [1.29, 1.82) is 0 Å². The minimum Gasteiger partial charge on any atom is -0.495 e. The molecule has 2 heterocycles. The van der Waals surface area contributed by atoms with Crippen LogP contribution in [0.2, 0.25) is 5.02 Å². The second kappa shape index (κ2) is 8.70. The summed E-state index contributed by atoms with van der Waals surface area (Å²) in [7, 11) is 2.91. The fourth-order valence-electron chi connectivity index (χ4n) is 3.77. The molecule has 2 unspecified atom stereocenters. The number of hydrogen-bond donors (Lipinski definition) is 1. The summed E-state index contributed by atoms with van der Waals surface area (Å²) in [6, 6.07) is 6.41. The van der Waals surface area contributed by atoms with Crippen molar-refractivity contribution in [2.45, 2.75) is 25.9 Å². The largest absolute Gasteiger partial charge is 0.495 e. The first-order chi connectivity index (χ1) is 15.7. The van der Waals surface area contributed by atoms with Crippen molar-refractivity contribution in [3.8, 4) is 11.5 Å². The molecular formula is C22H22ClN5O5. The van der Waals surface area contributed by atoms with Gasteiger partial charge in [-0.05, 0) is 43.2 Å². The molecule has 2 aliphatic rings. The van der Waals surface area contributed by atoms with Crippen molar-refractivity contribution < 1.29 is 23.9 Å². The second-order valence-electron chi connectivity index (χ2n) is 7.71. The molecule has 2 atom stereocenters. The van der Waals surface area contributed by atoms with Crippen LogP contribution in [0.25, 0.3) is 0 Å². The Balaban J connectivity index is 1.51. The summed E-state index contributed by atoms with van der Waals surface area (Å²) in [5, 5.41) is 12.0. The topological polar surface area (TPSA) is 113 Å². The van der Waals surface area contributed by atoms with Crippen LogP contribution in [0.1, 0.15) is 11.1 Å². The first kappa shape index (κ1) is 22.5. The number of anilines is 2. The molecule has 11 heteroatoms. The molecule has 0 radical (unpaired) electrons. The van der Waals surface area contributed by atoms with Gasteiger partial charge in [0.15, 0.2) is 12.1 Å². The third-order valence-corrected chi connectivity index (χ3v) is 5.96. The quantitative estimate of drug-likeness (QED) is 0.648. The Labute approximate surface area is 195 Å². The number of nitrogens with zero attached hydrogens (tertiary/aromatic N) is 4. The number of benzene rings is 2. The molecule has 2 aromatic carbocycles. The number of methoxy groups -OCH3 is 2. The zero-order valence-corrected chi connectivity index (χ0v) is 19.2. The number of carbonyl (C=O) groups is 3. The maximum atomic E-state index is 13.1. The third kappa shape index (κ3) is 3.97. The molecular weight excluding hydrogens is 450 g/mol. The van der Waals surface area contributed by atoms with E-state index in [1.165, 1.54) is 25.3 Å². The van der Waals surface area contributed by atoms with Crippen molar-refractivity contribution in [1.82, 2.24) is 5.01 Å². The van der Waals surface area contributed by atoms with Crippen LogP contribution in [0.5, 0.6) is 11.5 Å². The highest BCUT2D eigenvalue weighted by Crippen LogP contribution is 2.36. The van der Waals surface area contributed by atoms with Crippen LogP contribution in [0.15, 0.2) is 40.7 Å². The number of rotatable bonds is 6. The maximum absolute atomic E-state index is 13.1. The summed E-state index contributed by atoms with van der Waals surface area (Å²) in [5.74, 6) is -0.693. The van der Waals surface area contributed by atoms with Crippen LogP contribution in [-0.4, -0.2) is 55.6 Å². The second-order valence-corrected chi connectivity index (χ2v) is 8.12. The van der Waals surface area contributed by atoms with Gasteiger partial charge in [0.05, 0.1) is 30.6 Å². The molecule has 0 spiro atoms. The number of fused-ring (bicyclic) bond motifs is 1. The van der Waals surface area contributed by atoms with E-state index in [4.69, 9.17) is 21.1 Å². The predicted octanol–water partition coefficient (Wildman–Crippen LogP) is 2.91. The standard InChI is InChI=1S/C22H22ClN5O5/c1-11-5-6-13(7-12(11)2)28-21(30)19-20(22(28)31)27(26-25-19)10-18(29)24-15-8-14(23)16(32-3)9-17(15)33-4/h5-9,19-20H,10H2,1-4H3,(H,24,29). The van der Waals surface area contributed by atoms with Gasteiger partial charge in [0, 0.05) is 6.07 Å². The number of amides is 3. The highest BCUT2D eigenvalue weighted by molar-refractivity contribution is 6.32. The number of imide groups is 1. The monoisotopic (exact) mass is 471 g/mol. The fraction of sp³-hybridized carbons (Fsp3) is 0.318. The Hall–Kier alpha value is -3.66. The van der Waals surface area contributed by atoms with Gasteiger partial charge < -0.3 is 14.8 Å². The smallest absolute Gasteiger partial charge is 0.263 e. The lowest BCUT2D eigenvalue weighted by molar-refractivity contribution is -0.123. The Bertz CT molecular complexity index is 1180. The van der Waals surface area contributed by atoms with E-state index in [9.17, 15) is 14.4 Å². The molecule has 1 saturated heterocycles. The van der Waals surface area contributed by atoms with Gasteiger partial charge >= 0.3 is 0 Å². The molecule has 0 aliphatic carbocycles. The highest BCUT2D eigenvalue weighted by Gasteiger charge is 2.55. The lowest BCUT2D eigenvalue weighted by Gasteiger charge is -2.21. The summed E-state index contributed by atoms with van der Waals surface area (Å²) < 4.78 is 10.4. The van der Waals surface area contributed by atoms with Gasteiger partial charge in [0.25, 0.3) is 11.8 Å². The molecule has 2 aromatic rings. The third-order valence-electron chi connectivity index (χ3n) is 5.66. The SMILES string of the molecule is COc1cc(OC)c(NC(=O)CN2N=NC3C(=O)N(c4ccc(C)c(C)c4)C(=O)C32)cc1Cl. The summed E-state index contributed by atoms with van der Waals surface area (Å²) >= 11 is 6.15. The van der Waals surface area contributed by atoms with Crippen molar-refractivity contribution in [2.24, 2.45) is 10.3 Å². The van der Waals surface area contributed by atoms with Gasteiger partial charge in [-0.15, -0.1) is 0 Å². The zero-order chi connectivity index (χ0) is 23.9. The van der Waals surface area contributed by atoms with Crippen LogP contribution in [0.3, 0.4) is 0 Å². The van der Waals surface area contributed by atoms with E-state index < -0.39 is 29.8 Å². The van der Waals surface area contributed by atoms with E-state index in [1.807, 2.05) is 19.9 Å². The average molecular weight is 472 g/mol. The molecule has 1 fully saturated rings. The number of ether oxygens (including phenoxy) is 2. The van der Waals surface area contributed by atoms with Gasteiger partial charge in [-0.2, -0.15) is 5.11 Å². The van der Waals surface area contributed by atoms with Gasteiger partial charge in [-0.25, -0.2) is 4.90 Å². The lowest BCUT2D eigenvalue weighted by Crippen LogP contribution is -2.43. The molecule has 3 amide bonds. The Morgan fingerprint density at radius 1 is 1.06 bits per heavy atom. The van der Waals surface area contributed by atoms with Crippen molar-refractivity contribution in [2.75, 3.05) is 31.0 Å². The number of nitrogens with one attached hydrogen (secondary N) is 1. The first-order valence-corrected chi connectivity index (χ1v) is 10.5. The fourth-order valence-corrected chi connectivity index (χ4v) is 4.01. The van der Waals surface area contributed by atoms with Gasteiger partial charge in [0.1, 0.15) is 18.0 Å². The molecule has 33 heavy (non-hydrogen) atoms. The Morgan fingerprint density at radius 3 is 2.45 bits per heavy atom. The van der Waals surface area contributed by atoms with Crippen LogP contribution in [0, 0.1) is 13.8 Å². The Kier molecular flexibility index (Phi) is 5.94. The predicted molar refractivity (Wildman–Crippen MR) is 121 cm³/mol. The van der Waals surface area contributed by atoms with E-state index in [0.29, 0.717) is 22.9 Å². The van der Waals surface area contributed by atoms with E-state index in [-0.39, 0.29) is 11.6 Å². The van der Waals surface area contributed by atoms with Gasteiger partial charge in [0.2, 0.25) is 5.91 Å². The Morgan fingerprint density at radius 2 is 1.79 bits per heavy atom. The van der Waals surface area contributed by atoms with E-state index in [2.05, 4.69) is 15.7 Å². The molecule has 4 rings (SSSR count). The molecule has 1 N–H and O–H groups in total. The minimum atomic E-state index is -0.989. The van der Waals surface area contributed by atoms with E-state index in [0.717, 1.165) is 16.0 Å². The van der Waals surface area contributed by atoms with Crippen LogP contribution in [0.4, 0.5) is 11.4 Å². The van der Waals surface area contributed by atoms with Gasteiger partial charge in [-0.1, -0.05) is 22.9 Å². The zero-order valence-electron chi connectivity index (χ0n) is 18.5. The maximum Gasteiger partial charge on any atom is 0.263 e. The summed E-state index contributed by atoms with van der Waals surface area (Å²) in [6.45, 7) is 3.55. The molecule has 172 valence electrons. The number of hydrogen-bond acceptors (Lipinski definition) is 8. The highest BCUT2D eigenvalue weighted by atomic mass is 35.5. The molecule has 0 aromatic heterocycles. The normalized spacial score (nSPS) is 19.2.